The Hall–Kier alpha value is -1.56. The van der Waals surface area contributed by atoms with E-state index in [1.807, 2.05) is 0 Å². The summed E-state index contributed by atoms with van der Waals surface area (Å²) >= 11 is 3.09. The number of hydrogen-bond acceptors (Lipinski definition) is 4. The first kappa shape index (κ1) is 13.5. The second-order valence-electron chi connectivity index (χ2n) is 3.25. The monoisotopic (exact) mass is 301 g/mol. The predicted molar refractivity (Wildman–Crippen MR) is 65.2 cm³/mol. The molecular formula is C11H12BrNO4. The molecule has 0 radical (unpaired) electrons. The van der Waals surface area contributed by atoms with Crippen LogP contribution in [0.1, 0.15) is 10.4 Å². The second kappa shape index (κ2) is 6.24. The number of esters is 1. The summed E-state index contributed by atoms with van der Waals surface area (Å²) in [7, 11) is 1.28. The van der Waals surface area contributed by atoms with E-state index in [1.54, 1.807) is 0 Å². The van der Waals surface area contributed by atoms with E-state index < -0.39 is 10.8 Å². The van der Waals surface area contributed by atoms with Gasteiger partial charge in [-0.3, -0.25) is 9.59 Å². The van der Waals surface area contributed by atoms with Gasteiger partial charge in [0.15, 0.2) is 0 Å². The van der Waals surface area contributed by atoms with Crippen molar-refractivity contribution in [3.63, 3.8) is 0 Å². The highest BCUT2D eigenvalue weighted by Crippen LogP contribution is 2.09. The smallest absolute Gasteiger partial charge is 0.321 e. The minimum Gasteiger partial charge on any atom is -0.508 e. The quantitative estimate of drug-likeness (QED) is 0.644. The van der Waals surface area contributed by atoms with Crippen LogP contribution in [0.3, 0.4) is 0 Å². The molecule has 0 aliphatic heterocycles. The molecule has 0 heterocycles. The number of rotatable bonds is 4. The number of ether oxygens (including phenoxy) is 1. The van der Waals surface area contributed by atoms with Crippen LogP contribution in [0.15, 0.2) is 24.3 Å². The Morgan fingerprint density at radius 3 is 2.53 bits per heavy atom. The zero-order valence-electron chi connectivity index (χ0n) is 9.14. The van der Waals surface area contributed by atoms with E-state index in [9.17, 15) is 9.59 Å². The van der Waals surface area contributed by atoms with Crippen LogP contribution in [0.4, 0.5) is 0 Å². The fraction of sp³-hybridized carbons (Fsp3) is 0.273. The summed E-state index contributed by atoms with van der Waals surface area (Å²) in [5.74, 6) is -0.677. The fourth-order valence-corrected chi connectivity index (χ4v) is 1.46. The summed E-state index contributed by atoms with van der Waals surface area (Å²) in [6.07, 6.45) is 0. The molecule has 0 saturated heterocycles. The minimum absolute atomic E-state index is 0.0921. The van der Waals surface area contributed by atoms with Crippen LogP contribution in [-0.2, 0) is 9.53 Å². The van der Waals surface area contributed by atoms with Crippen molar-refractivity contribution in [2.24, 2.45) is 0 Å². The number of phenols is 1. The van der Waals surface area contributed by atoms with Gasteiger partial charge in [-0.05, 0) is 24.3 Å². The third kappa shape index (κ3) is 4.07. The Morgan fingerprint density at radius 1 is 1.41 bits per heavy atom. The molecule has 92 valence electrons. The number of carbonyl (C=O) groups is 2. The van der Waals surface area contributed by atoms with Crippen molar-refractivity contribution in [3.8, 4) is 5.75 Å². The predicted octanol–water partition coefficient (Wildman–Crippen LogP) is 1.06. The number of phenolic OH excluding ortho intramolecular Hbond substituents is 1. The fourth-order valence-electron chi connectivity index (χ4n) is 1.11. The zero-order valence-corrected chi connectivity index (χ0v) is 10.7. The van der Waals surface area contributed by atoms with Crippen molar-refractivity contribution in [2.75, 3.05) is 13.7 Å². The van der Waals surface area contributed by atoms with Crippen molar-refractivity contribution in [1.82, 2.24) is 5.32 Å². The molecule has 1 aromatic carbocycles. The molecule has 0 saturated carbocycles. The average Bonchev–Trinajstić information content (AvgIpc) is 2.35. The second-order valence-corrected chi connectivity index (χ2v) is 4.35. The van der Waals surface area contributed by atoms with Gasteiger partial charge < -0.3 is 15.2 Å². The van der Waals surface area contributed by atoms with Crippen LogP contribution in [-0.4, -0.2) is 35.5 Å². The summed E-state index contributed by atoms with van der Waals surface area (Å²) in [6.45, 7) is 0.131. The van der Waals surface area contributed by atoms with E-state index in [2.05, 4.69) is 26.0 Å². The number of benzene rings is 1. The molecule has 0 aliphatic rings. The molecule has 0 aromatic heterocycles. The van der Waals surface area contributed by atoms with Gasteiger partial charge in [0.25, 0.3) is 5.91 Å². The number of aromatic hydroxyl groups is 1. The van der Waals surface area contributed by atoms with Gasteiger partial charge in [-0.2, -0.15) is 0 Å². The zero-order chi connectivity index (χ0) is 12.8. The molecule has 5 nitrogen and oxygen atoms in total. The molecular weight excluding hydrogens is 290 g/mol. The van der Waals surface area contributed by atoms with Gasteiger partial charge in [-0.25, -0.2) is 0 Å². The Labute approximate surface area is 107 Å². The molecule has 1 amide bonds. The lowest BCUT2D eigenvalue weighted by Gasteiger charge is -2.09. The van der Waals surface area contributed by atoms with Gasteiger partial charge in [-0.1, -0.05) is 15.9 Å². The van der Waals surface area contributed by atoms with E-state index in [0.717, 1.165) is 0 Å². The van der Waals surface area contributed by atoms with Gasteiger partial charge in [-0.15, -0.1) is 0 Å². The molecule has 1 aromatic rings. The van der Waals surface area contributed by atoms with Crippen molar-refractivity contribution in [1.29, 1.82) is 0 Å². The Kier molecular flexibility index (Phi) is 4.96. The van der Waals surface area contributed by atoms with Crippen molar-refractivity contribution >= 4 is 27.8 Å². The molecule has 2 N–H and O–H groups in total. The SMILES string of the molecule is COC(=O)C(Br)CNC(=O)c1ccc(O)cc1. The summed E-state index contributed by atoms with van der Waals surface area (Å²) in [5.41, 5.74) is 0.410. The first-order chi connectivity index (χ1) is 8.04. The first-order valence-corrected chi connectivity index (χ1v) is 5.75. The van der Waals surface area contributed by atoms with Crippen LogP contribution in [0.5, 0.6) is 5.75 Å². The topological polar surface area (TPSA) is 75.6 Å². The molecule has 6 heteroatoms. The molecule has 0 aliphatic carbocycles. The number of halogens is 1. The molecule has 1 rings (SSSR count). The van der Waals surface area contributed by atoms with Crippen molar-refractivity contribution < 1.29 is 19.4 Å². The summed E-state index contributed by atoms with van der Waals surface area (Å²) in [6, 6.07) is 5.82. The van der Waals surface area contributed by atoms with Crippen LogP contribution >= 0.6 is 15.9 Å². The van der Waals surface area contributed by atoms with Crippen LogP contribution in [0.25, 0.3) is 0 Å². The summed E-state index contributed by atoms with van der Waals surface area (Å²) in [5, 5.41) is 11.6. The highest BCUT2D eigenvalue weighted by molar-refractivity contribution is 9.10. The van der Waals surface area contributed by atoms with E-state index in [4.69, 9.17) is 5.11 Å². The van der Waals surface area contributed by atoms with Crippen molar-refractivity contribution in [2.45, 2.75) is 4.83 Å². The van der Waals surface area contributed by atoms with E-state index in [0.29, 0.717) is 5.56 Å². The minimum atomic E-state index is -0.575. The van der Waals surface area contributed by atoms with Crippen LogP contribution in [0.2, 0.25) is 0 Å². The number of methoxy groups -OCH3 is 1. The van der Waals surface area contributed by atoms with Gasteiger partial charge in [0.1, 0.15) is 10.6 Å². The number of hydrogen-bond donors (Lipinski definition) is 2. The molecule has 17 heavy (non-hydrogen) atoms. The molecule has 0 fully saturated rings. The number of nitrogens with one attached hydrogen (secondary N) is 1. The van der Waals surface area contributed by atoms with E-state index >= 15 is 0 Å². The largest absolute Gasteiger partial charge is 0.508 e. The molecule has 0 bridgehead atoms. The van der Waals surface area contributed by atoms with E-state index in [-0.39, 0.29) is 18.2 Å². The maximum absolute atomic E-state index is 11.6. The number of carbonyl (C=O) groups excluding carboxylic acids is 2. The standard InChI is InChI=1S/C11H12BrNO4/c1-17-11(16)9(12)6-13-10(15)7-2-4-8(14)5-3-7/h2-5,9,14H,6H2,1H3,(H,13,15). The van der Waals surface area contributed by atoms with Crippen molar-refractivity contribution in [3.05, 3.63) is 29.8 Å². The maximum Gasteiger partial charge on any atom is 0.321 e. The number of alkyl halides is 1. The molecule has 1 unspecified atom stereocenters. The third-order valence-electron chi connectivity index (χ3n) is 2.03. The highest BCUT2D eigenvalue weighted by atomic mass is 79.9. The average molecular weight is 302 g/mol. The normalized spacial score (nSPS) is 11.6. The van der Waals surface area contributed by atoms with Crippen LogP contribution in [0, 0.1) is 0 Å². The highest BCUT2D eigenvalue weighted by Gasteiger charge is 2.16. The van der Waals surface area contributed by atoms with E-state index in [1.165, 1.54) is 31.4 Å². The van der Waals surface area contributed by atoms with Gasteiger partial charge in [0, 0.05) is 12.1 Å². The Bertz CT molecular complexity index is 404. The lowest BCUT2D eigenvalue weighted by Crippen LogP contribution is -2.33. The Morgan fingerprint density at radius 2 is 2.00 bits per heavy atom. The van der Waals surface area contributed by atoms with Gasteiger partial charge >= 0.3 is 5.97 Å². The molecule has 0 spiro atoms. The Balaban J connectivity index is 2.50. The third-order valence-corrected chi connectivity index (χ3v) is 2.73. The lowest BCUT2D eigenvalue weighted by atomic mass is 10.2. The lowest BCUT2D eigenvalue weighted by molar-refractivity contribution is -0.139. The summed E-state index contributed by atoms with van der Waals surface area (Å²) < 4.78 is 4.50. The number of amides is 1. The van der Waals surface area contributed by atoms with Crippen LogP contribution < -0.4 is 5.32 Å². The molecule has 1 atom stereocenters. The van der Waals surface area contributed by atoms with Gasteiger partial charge in [0.2, 0.25) is 0 Å². The van der Waals surface area contributed by atoms with Gasteiger partial charge in [0.05, 0.1) is 7.11 Å². The summed E-state index contributed by atoms with van der Waals surface area (Å²) in [4.78, 5) is 22.1. The first-order valence-electron chi connectivity index (χ1n) is 4.83. The maximum atomic E-state index is 11.6.